The fraction of sp³-hybridized carbons (Fsp3) is 0.500. The molecule has 1 unspecified atom stereocenters. The third-order valence-electron chi connectivity index (χ3n) is 1.36. The SMILES string of the molecule is O=C=NC1CN(S(=O)(=O)O)C1=O. The van der Waals surface area contributed by atoms with Gasteiger partial charge in [0.05, 0.1) is 6.54 Å². The first-order valence-electron chi connectivity index (χ1n) is 2.83. The van der Waals surface area contributed by atoms with Gasteiger partial charge in [0, 0.05) is 0 Å². The summed E-state index contributed by atoms with van der Waals surface area (Å²) in [6, 6.07) is -1.01. The van der Waals surface area contributed by atoms with Gasteiger partial charge >= 0.3 is 10.3 Å². The van der Waals surface area contributed by atoms with E-state index in [9.17, 15) is 18.0 Å². The lowest BCUT2D eigenvalue weighted by atomic mass is 10.2. The van der Waals surface area contributed by atoms with E-state index in [1.54, 1.807) is 0 Å². The minimum Gasteiger partial charge on any atom is -0.271 e. The molecule has 1 rings (SSSR count). The molecule has 12 heavy (non-hydrogen) atoms. The number of carbonyl (C=O) groups is 1. The number of aliphatic imine (C=N–C) groups is 1. The Labute approximate surface area is 67.6 Å². The van der Waals surface area contributed by atoms with Crippen molar-refractivity contribution in [2.45, 2.75) is 6.04 Å². The Hall–Kier alpha value is -1.24. The molecule has 1 saturated heterocycles. The molecule has 0 saturated carbocycles. The number of hydrogen-bond donors (Lipinski definition) is 1. The minimum absolute atomic E-state index is 0.221. The molecule has 1 aliphatic heterocycles. The average molecular weight is 192 g/mol. The second-order valence-electron chi connectivity index (χ2n) is 2.08. The molecule has 1 amide bonds. The van der Waals surface area contributed by atoms with Gasteiger partial charge in [-0.2, -0.15) is 13.4 Å². The molecule has 0 radical (unpaired) electrons. The third-order valence-corrected chi connectivity index (χ3v) is 2.24. The molecule has 1 fully saturated rings. The van der Waals surface area contributed by atoms with Crippen LogP contribution in [-0.2, 0) is 19.9 Å². The Balaban J connectivity index is 2.74. The van der Waals surface area contributed by atoms with E-state index in [0.29, 0.717) is 0 Å². The molecule has 1 atom stereocenters. The van der Waals surface area contributed by atoms with Crippen molar-refractivity contribution in [3.63, 3.8) is 0 Å². The predicted molar refractivity (Wildman–Crippen MR) is 35.2 cm³/mol. The van der Waals surface area contributed by atoms with Gasteiger partial charge in [-0.25, -0.2) is 9.10 Å². The molecular weight excluding hydrogens is 188 g/mol. The third kappa shape index (κ3) is 1.35. The maximum absolute atomic E-state index is 10.7. The normalized spacial score (nSPS) is 22.9. The Morgan fingerprint density at radius 2 is 2.25 bits per heavy atom. The van der Waals surface area contributed by atoms with Crippen LogP contribution in [0.4, 0.5) is 0 Å². The van der Waals surface area contributed by atoms with Gasteiger partial charge in [0.15, 0.2) is 6.04 Å². The Bertz CT molecular complexity index is 354. The number of hydrogen-bond acceptors (Lipinski definition) is 5. The molecular formula is C4H4N2O5S. The highest BCUT2D eigenvalue weighted by Gasteiger charge is 2.43. The first kappa shape index (κ1) is 8.85. The van der Waals surface area contributed by atoms with Crippen LogP contribution < -0.4 is 0 Å². The molecule has 1 N–H and O–H groups in total. The van der Waals surface area contributed by atoms with E-state index in [1.165, 1.54) is 0 Å². The first-order valence-corrected chi connectivity index (χ1v) is 4.22. The van der Waals surface area contributed by atoms with Gasteiger partial charge in [0.25, 0.3) is 5.91 Å². The van der Waals surface area contributed by atoms with Crippen molar-refractivity contribution in [3.05, 3.63) is 0 Å². The van der Waals surface area contributed by atoms with Crippen LogP contribution in [0.3, 0.4) is 0 Å². The molecule has 7 nitrogen and oxygen atoms in total. The van der Waals surface area contributed by atoms with Crippen LogP contribution in [-0.4, -0.2) is 41.8 Å². The van der Waals surface area contributed by atoms with Crippen LogP contribution in [0.2, 0.25) is 0 Å². The van der Waals surface area contributed by atoms with E-state index in [4.69, 9.17) is 4.55 Å². The number of rotatable bonds is 2. The van der Waals surface area contributed by atoms with Crippen molar-refractivity contribution in [3.8, 4) is 0 Å². The fourth-order valence-corrected chi connectivity index (χ4v) is 1.43. The molecule has 0 spiro atoms. The van der Waals surface area contributed by atoms with Crippen LogP contribution in [0.1, 0.15) is 0 Å². The van der Waals surface area contributed by atoms with E-state index in [1.807, 2.05) is 0 Å². The van der Waals surface area contributed by atoms with E-state index < -0.39 is 22.3 Å². The van der Waals surface area contributed by atoms with Gasteiger partial charge < -0.3 is 0 Å². The fourth-order valence-electron chi connectivity index (χ4n) is 0.746. The van der Waals surface area contributed by atoms with Crippen molar-refractivity contribution in [2.24, 2.45) is 4.99 Å². The molecule has 0 aliphatic carbocycles. The molecule has 8 heteroatoms. The summed E-state index contributed by atoms with van der Waals surface area (Å²) < 4.78 is 29.1. The molecule has 0 aromatic heterocycles. The van der Waals surface area contributed by atoms with Gasteiger partial charge in [0.2, 0.25) is 6.08 Å². The number of amides is 1. The van der Waals surface area contributed by atoms with E-state index in [-0.39, 0.29) is 10.8 Å². The van der Waals surface area contributed by atoms with Gasteiger partial charge in [-0.3, -0.25) is 9.35 Å². The van der Waals surface area contributed by atoms with Gasteiger partial charge in [0.1, 0.15) is 0 Å². The van der Waals surface area contributed by atoms with Crippen LogP contribution >= 0.6 is 0 Å². The largest absolute Gasteiger partial charge is 0.362 e. The quantitative estimate of drug-likeness (QED) is 0.244. The zero-order valence-corrected chi connectivity index (χ0v) is 6.48. The molecule has 0 aromatic carbocycles. The molecule has 1 heterocycles. The van der Waals surface area contributed by atoms with Crippen LogP contribution in [0.5, 0.6) is 0 Å². The Morgan fingerprint density at radius 1 is 1.67 bits per heavy atom. The average Bonchev–Trinajstić information content (AvgIpc) is 1.93. The maximum atomic E-state index is 10.7. The van der Waals surface area contributed by atoms with E-state index >= 15 is 0 Å². The highest BCUT2D eigenvalue weighted by atomic mass is 32.2. The van der Waals surface area contributed by atoms with Crippen LogP contribution in [0.15, 0.2) is 4.99 Å². The second kappa shape index (κ2) is 2.67. The van der Waals surface area contributed by atoms with Crippen molar-refractivity contribution in [2.75, 3.05) is 6.54 Å². The minimum atomic E-state index is -4.47. The summed E-state index contributed by atoms with van der Waals surface area (Å²) in [5, 5.41) is 0. The predicted octanol–water partition coefficient (Wildman–Crippen LogP) is -1.66. The van der Waals surface area contributed by atoms with Crippen molar-refractivity contribution >= 4 is 22.3 Å². The number of carbonyl (C=O) groups excluding carboxylic acids is 2. The van der Waals surface area contributed by atoms with Crippen molar-refractivity contribution in [1.82, 2.24) is 4.31 Å². The summed E-state index contributed by atoms with van der Waals surface area (Å²) in [6.07, 6.45) is 1.12. The van der Waals surface area contributed by atoms with Crippen molar-refractivity contribution < 1.29 is 22.6 Å². The summed E-state index contributed by atoms with van der Waals surface area (Å²) in [6.45, 7) is -0.299. The van der Waals surface area contributed by atoms with Gasteiger partial charge in [-0.05, 0) is 0 Å². The molecule has 66 valence electrons. The number of isocyanates is 1. The molecule has 0 bridgehead atoms. The molecule has 1 aliphatic rings. The maximum Gasteiger partial charge on any atom is 0.362 e. The standard InChI is InChI=1S/C4H4N2O5S/c7-2-5-3-1-6(4(3)8)12(9,10)11/h3H,1H2,(H,9,10,11). The lowest BCUT2D eigenvalue weighted by Gasteiger charge is -2.31. The smallest absolute Gasteiger partial charge is 0.271 e. The zero-order chi connectivity index (χ0) is 9.35. The summed E-state index contributed by atoms with van der Waals surface area (Å²) in [5.41, 5.74) is 0. The molecule has 0 aromatic rings. The highest BCUT2D eigenvalue weighted by Crippen LogP contribution is 2.16. The highest BCUT2D eigenvalue weighted by molar-refractivity contribution is 7.84. The van der Waals surface area contributed by atoms with E-state index in [2.05, 4.69) is 4.99 Å². The summed E-state index contributed by atoms with van der Waals surface area (Å²) >= 11 is 0. The monoisotopic (exact) mass is 192 g/mol. The second-order valence-corrected chi connectivity index (χ2v) is 3.42. The summed E-state index contributed by atoms with van der Waals surface area (Å²) in [7, 11) is -4.47. The lowest BCUT2D eigenvalue weighted by Crippen LogP contribution is -2.57. The number of nitrogens with zero attached hydrogens (tertiary/aromatic N) is 2. The topological polar surface area (TPSA) is 104 Å². The number of β-lactam (4-membered cyclic amide) rings is 1. The van der Waals surface area contributed by atoms with Crippen molar-refractivity contribution in [1.29, 1.82) is 0 Å². The lowest BCUT2D eigenvalue weighted by molar-refractivity contribution is -0.135. The zero-order valence-electron chi connectivity index (χ0n) is 5.67. The van der Waals surface area contributed by atoms with Crippen LogP contribution in [0.25, 0.3) is 0 Å². The Morgan fingerprint density at radius 3 is 2.58 bits per heavy atom. The first-order chi connectivity index (χ1) is 5.46. The van der Waals surface area contributed by atoms with Gasteiger partial charge in [-0.15, -0.1) is 0 Å². The van der Waals surface area contributed by atoms with Gasteiger partial charge in [-0.1, -0.05) is 0 Å². The Kier molecular flexibility index (Phi) is 1.97. The van der Waals surface area contributed by atoms with Crippen LogP contribution in [0, 0.1) is 0 Å². The summed E-state index contributed by atoms with van der Waals surface area (Å²) in [5.74, 6) is -0.916. The summed E-state index contributed by atoms with van der Waals surface area (Å²) in [4.78, 5) is 23.4. The van der Waals surface area contributed by atoms with E-state index in [0.717, 1.165) is 6.08 Å².